The van der Waals surface area contributed by atoms with Gasteiger partial charge in [-0.15, -0.1) is 0 Å². The molecule has 3 heterocycles. The van der Waals surface area contributed by atoms with E-state index < -0.39 is 0 Å². The highest BCUT2D eigenvalue weighted by molar-refractivity contribution is 5.91. The number of nitrogens with two attached hydrogens (primary N) is 1. The van der Waals surface area contributed by atoms with Gasteiger partial charge in [0.05, 0.1) is 11.2 Å². The third-order valence-corrected chi connectivity index (χ3v) is 2.29. The van der Waals surface area contributed by atoms with Crippen LogP contribution in [0.1, 0.15) is 0 Å². The highest BCUT2D eigenvalue weighted by Crippen LogP contribution is 2.24. The zero-order valence-electron chi connectivity index (χ0n) is 7.77. The van der Waals surface area contributed by atoms with Crippen LogP contribution in [-0.4, -0.2) is 15.1 Å². The highest BCUT2D eigenvalue weighted by atomic mass is 16.5. The summed E-state index contributed by atoms with van der Waals surface area (Å²) in [4.78, 5) is 7.16. The average Bonchev–Trinajstić information content (AvgIpc) is 2.86. The van der Waals surface area contributed by atoms with Crippen LogP contribution in [0.2, 0.25) is 0 Å². The third kappa shape index (κ3) is 1.17. The first-order valence-electron chi connectivity index (χ1n) is 4.48. The van der Waals surface area contributed by atoms with Crippen LogP contribution in [0.5, 0.6) is 0 Å². The summed E-state index contributed by atoms with van der Waals surface area (Å²) >= 11 is 0. The Kier molecular flexibility index (Phi) is 1.53. The fourth-order valence-corrected chi connectivity index (χ4v) is 1.57. The van der Waals surface area contributed by atoms with Crippen molar-refractivity contribution in [3.63, 3.8) is 0 Å². The standard InChI is InChI=1S/C10H8N4O/c11-10-9-6(1-3-12-10)5-8(13-9)7-2-4-15-14-7/h1-5,13H,(H2,11,12). The van der Waals surface area contributed by atoms with E-state index in [2.05, 4.69) is 15.1 Å². The topological polar surface area (TPSA) is 80.7 Å². The summed E-state index contributed by atoms with van der Waals surface area (Å²) in [7, 11) is 0. The molecule has 0 saturated heterocycles. The van der Waals surface area contributed by atoms with Gasteiger partial charge in [0.2, 0.25) is 0 Å². The van der Waals surface area contributed by atoms with Crippen LogP contribution in [0.4, 0.5) is 5.82 Å². The second kappa shape index (κ2) is 2.84. The van der Waals surface area contributed by atoms with Crippen molar-refractivity contribution in [3.8, 4) is 11.4 Å². The van der Waals surface area contributed by atoms with Crippen LogP contribution >= 0.6 is 0 Å². The number of aromatic nitrogens is 3. The van der Waals surface area contributed by atoms with Crippen molar-refractivity contribution in [3.05, 3.63) is 30.7 Å². The number of nitrogens with one attached hydrogen (secondary N) is 1. The first-order chi connectivity index (χ1) is 7.34. The van der Waals surface area contributed by atoms with Gasteiger partial charge in [-0.05, 0) is 12.1 Å². The average molecular weight is 200 g/mol. The van der Waals surface area contributed by atoms with Crippen LogP contribution in [-0.2, 0) is 0 Å². The minimum Gasteiger partial charge on any atom is -0.382 e. The lowest BCUT2D eigenvalue weighted by Crippen LogP contribution is -1.89. The van der Waals surface area contributed by atoms with Crippen LogP contribution in [0.15, 0.2) is 35.2 Å². The molecule has 5 heteroatoms. The molecule has 74 valence electrons. The zero-order valence-corrected chi connectivity index (χ0v) is 7.77. The van der Waals surface area contributed by atoms with Crippen LogP contribution < -0.4 is 5.73 Å². The normalized spacial score (nSPS) is 10.9. The first-order valence-corrected chi connectivity index (χ1v) is 4.48. The first kappa shape index (κ1) is 8.05. The molecule has 5 nitrogen and oxygen atoms in total. The van der Waals surface area contributed by atoms with Crippen molar-refractivity contribution >= 4 is 16.7 Å². The van der Waals surface area contributed by atoms with E-state index in [0.717, 1.165) is 22.3 Å². The molecule has 15 heavy (non-hydrogen) atoms. The number of nitrogens with zero attached hydrogens (tertiary/aromatic N) is 2. The molecule has 0 radical (unpaired) electrons. The fourth-order valence-electron chi connectivity index (χ4n) is 1.57. The molecule has 0 bridgehead atoms. The molecule has 3 aromatic rings. The molecule has 0 aliphatic heterocycles. The maximum atomic E-state index is 5.74. The van der Waals surface area contributed by atoms with Crippen LogP contribution in [0, 0.1) is 0 Å². The highest BCUT2D eigenvalue weighted by Gasteiger charge is 2.07. The van der Waals surface area contributed by atoms with Gasteiger partial charge in [-0.1, -0.05) is 5.16 Å². The van der Waals surface area contributed by atoms with E-state index >= 15 is 0 Å². The van der Waals surface area contributed by atoms with Crippen molar-refractivity contribution in [1.29, 1.82) is 0 Å². The van der Waals surface area contributed by atoms with Gasteiger partial charge < -0.3 is 15.2 Å². The van der Waals surface area contributed by atoms with Gasteiger partial charge in [-0.2, -0.15) is 0 Å². The Hall–Kier alpha value is -2.30. The number of pyridine rings is 1. The van der Waals surface area contributed by atoms with E-state index in [1.165, 1.54) is 6.26 Å². The predicted octanol–water partition coefficient (Wildman–Crippen LogP) is 1.80. The Morgan fingerprint density at radius 2 is 2.27 bits per heavy atom. The molecule has 0 saturated carbocycles. The molecule has 0 spiro atoms. The number of H-pyrrole nitrogens is 1. The van der Waals surface area contributed by atoms with E-state index in [0.29, 0.717) is 5.82 Å². The SMILES string of the molecule is Nc1nccc2cc(-c3ccon3)[nH]c12. The van der Waals surface area contributed by atoms with Gasteiger partial charge in [0.1, 0.15) is 17.8 Å². The summed E-state index contributed by atoms with van der Waals surface area (Å²) in [5.41, 5.74) is 8.19. The smallest absolute Gasteiger partial charge is 0.147 e. The van der Waals surface area contributed by atoms with E-state index in [1.54, 1.807) is 12.3 Å². The Bertz CT molecular complexity index is 597. The largest absolute Gasteiger partial charge is 0.382 e. The lowest BCUT2D eigenvalue weighted by Gasteiger charge is -1.92. The number of hydrogen-bond acceptors (Lipinski definition) is 4. The Balaban J connectivity index is 2.27. The van der Waals surface area contributed by atoms with Crippen LogP contribution in [0.3, 0.4) is 0 Å². The molecule has 3 N–H and O–H groups in total. The molecule has 0 amide bonds. The number of hydrogen-bond donors (Lipinski definition) is 2. The minimum absolute atomic E-state index is 0.488. The fraction of sp³-hybridized carbons (Fsp3) is 0. The van der Waals surface area contributed by atoms with E-state index in [1.807, 2.05) is 12.1 Å². The van der Waals surface area contributed by atoms with Gasteiger partial charge in [-0.3, -0.25) is 0 Å². The summed E-state index contributed by atoms with van der Waals surface area (Å²) in [6, 6.07) is 5.64. The summed E-state index contributed by atoms with van der Waals surface area (Å²) in [5, 5.41) is 4.86. The van der Waals surface area contributed by atoms with Crippen molar-refractivity contribution in [1.82, 2.24) is 15.1 Å². The third-order valence-electron chi connectivity index (χ3n) is 2.29. The Labute approximate surface area is 84.9 Å². The molecule has 0 aromatic carbocycles. The monoisotopic (exact) mass is 200 g/mol. The van der Waals surface area contributed by atoms with E-state index in [-0.39, 0.29) is 0 Å². The van der Waals surface area contributed by atoms with Gasteiger partial charge in [-0.25, -0.2) is 4.98 Å². The summed E-state index contributed by atoms with van der Waals surface area (Å²) in [6.45, 7) is 0. The van der Waals surface area contributed by atoms with Crippen LogP contribution in [0.25, 0.3) is 22.3 Å². The maximum Gasteiger partial charge on any atom is 0.147 e. The summed E-state index contributed by atoms with van der Waals surface area (Å²) in [5.74, 6) is 0.488. The molecule has 3 rings (SSSR count). The van der Waals surface area contributed by atoms with Crippen molar-refractivity contribution in [2.75, 3.05) is 5.73 Å². The van der Waals surface area contributed by atoms with Crippen molar-refractivity contribution < 1.29 is 4.52 Å². The summed E-state index contributed by atoms with van der Waals surface area (Å²) in [6.07, 6.45) is 3.21. The lowest BCUT2D eigenvalue weighted by atomic mass is 10.2. The molecule has 0 fully saturated rings. The zero-order chi connectivity index (χ0) is 10.3. The van der Waals surface area contributed by atoms with Crippen molar-refractivity contribution in [2.24, 2.45) is 0 Å². The quantitative estimate of drug-likeness (QED) is 0.627. The molecule has 0 aliphatic rings. The van der Waals surface area contributed by atoms with Crippen molar-refractivity contribution in [2.45, 2.75) is 0 Å². The van der Waals surface area contributed by atoms with Gasteiger partial charge in [0, 0.05) is 17.6 Å². The minimum atomic E-state index is 0.488. The van der Waals surface area contributed by atoms with Gasteiger partial charge in [0.25, 0.3) is 0 Å². The van der Waals surface area contributed by atoms with Gasteiger partial charge in [0.15, 0.2) is 0 Å². The molecule has 0 aliphatic carbocycles. The molecule has 3 aromatic heterocycles. The number of fused-ring (bicyclic) bond motifs is 1. The van der Waals surface area contributed by atoms with E-state index in [9.17, 15) is 0 Å². The second-order valence-electron chi connectivity index (χ2n) is 3.23. The Morgan fingerprint density at radius 3 is 3.00 bits per heavy atom. The number of nitrogen functional groups attached to an aromatic ring is 1. The second-order valence-corrected chi connectivity index (χ2v) is 3.23. The number of rotatable bonds is 1. The Morgan fingerprint density at radius 1 is 1.33 bits per heavy atom. The lowest BCUT2D eigenvalue weighted by molar-refractivity contribution is 0.422. The maximum absolute atomic E-state index is 5.74. The molecule has 0 unspecified atom stereocenters. The summed E-state index contributed by atoms with van der Waals surface area (Å²) < 4.78 is 4.78. The molecule has 0 atom stereocenters. The van der Waals surface area contributed by atoms with E-state index in [4.69, 9.17) is 10.3 Å². The molecular weight excluding hydrogens is 192 g/mol. The van der Waals surface area contributed by atoms with Gasteiger partial charge >= 0.3 is 0 Å². The number of anilines is 1. The predicted molar refractivity (Wildman–Crippen MR) is 56.0 cm³/mol. The molecular formula is C10H8N4O. The number of aromatic amines is 1.